The molecule has 0 saturated heterocycles. The van der Waals surface area contributed by atoms with Gasteiger partial charge in [-0.1, -0.05) is 126 Å². The normalized spacial score (nSPS) is 11.1. The average molecular weight is 384 g/mol. The SMILES string of the molecule is CCCCCCCCCCCCCCCCCC[131I]. The second-order valence-electron chi connectivity index (χ2n) is 5.99. The van der Waals surface area contributed by atoms with Gasteiger partial charge in [0.05, 0.1) is 0 Å². The third-order valence-corrected chi connectivity index (χ3v) is 4.75. The highest BCUT2D eigenvalue weighted by Gasteiger charge is 1.94. The molecule has 0 radical (unpaired) electrons. The number of unbranched alkanes of at least 4 members (excludes halogenated alkanes) is 15. The van der Waals surface area contributed by atoms with E-state index in [0.29, 0.717) is 0 Å². The van der Waals surface area contributed by atoms with Gasteiger partial charge in [0.15, 0.2) is 0 Å². The van der Waals surface area contributed by atoms with E-state index in [0.717, 1.165) is 0 Å². The third-order valence-electron chi connectivity index (χ3n) is 3.99. The zero-order valence-corrected chi connectivity index (χ0v) is 15.6. The van der Waals surface area contributed by atoms with Gasteiger partial charge in [-0.15, -0.1) is 0 Å². The van der Waals surface area contributed by atoms with Crippen molar-refractivity contribution in [2.24, 2.45) is 0 Å². The zero-order chi connectivity index (χ0) is 14.0. The lowest BCUT2D eigenvalue weighted by atomic mass is 10.0. The summed E-state index contributed by atoms with van der Waals surface area (Å²) in [5.41, 5.74) is 0. The van der Waals surface area contributed by atoms with E-state index in [9.17, 15) is 0 Å². The fourth-order valence-corrected chi connectivity index (χ4v) is 3.18. The molecule has 0 bridgehead atoms. The molecule has 0 saturated carbocycles. The lowest BCUT2D eigenvalue weighted by Gasteiger charge is -2.03. The molecule has 0 heterocycles. The van der Waals surface area contributed by atoms with E-state index in [1.165, 1.54) is 107 Å². The summed E-state index contributed by atoms with van der Waals surface area (Å²) in [7, 11) is 0. The van der Waals surface area contributed by atoms with Crippen LogP contribution in [-0.4, -0.2) is 4.43 Å². The van der Waals surface area contributed by atoms with E-state index in [4.69, 9.17) is 0 Å². The van der Waals surface area contributed by atoms with Crippen LogP contribution in [0.2, 0.25) is 0 Å². The van der Waals surface area contributed by atoms with Crippen molar-refractivity contribution in [1.82, 2.24) is 0 Å². The van der Waals surface area contributed by atoms with Crippen molar-refractivity contribution in [2.45, 2.75) is 110 Å². The summed E-state index contributed by atoms with van der Waals surface area (Å²) < 4.78 is 1.34. The summed E-state index contributed by atoms with van der Waals surface area (Å²) in [6.07, 6.45) is 23.5. The fourth-order valence-electron chi connectivity index (χ4n) is 2.64. The van der Waals surface area contributed by atoms with Gasteiger partial charge >= 0.3 is 0 Å². The lowest BCUT2D eigenvalue weighted by Crippen LogP contribution is -1.83. The number of halogens is 1. The Labute approximate surface area is 136 Å². The van der Waals surface area contributed by atoms with Crippen LogP contribution in [0, 0.1) is 0 Å². The van der Waals surface area contributed by atoms with Gasteiger partial charge in [0.2, 0.25) is 0 Å². The molecule has 0 aliphatic carbocycles. The highest BCUT2D eigenvalue weighted by Crippen LogP contribution is 2.13. The Kier molecular flexibility index (Phi) is 19.4. The molecule has 0 aromatic rings. The Bertz CT molecular complexity index is 129. The predicted octanol–water partition coefficient (Wildman–Crippen LogP) is 7.68. The van der Waals surface area contributed by atoms with Crippen LogP contribution in [0.1, 0.15) is 110 Å². The molecule has 0 amide bonds. The average Bonchev–Trinajstić information content (AvgIpc) is 2.43. The molecular weight excluding hydrogens is 347 g/mol. The summed E-state index contributed by atoms with van der Waals surface area (Å²) in [5, 5.41) is 0. The van der Waals surface area contributed by atoms with Crippen LogP contribution in [0.15, 0.2) is 0 Å². The number of hydrogen-bond acceptors (Lipinski definition) is 0. The molecule has 0 spiro atoms. The number of alkyl halides is 1. The Balaban J connectivity index is 2.88. The molecule has 0 unspecified atom stereocenters. The first-order chi connectivity index (χ1) is 9.41. The molecule has 0 atom stereocenters. The molecule has 0 aliphatic rings. The van der Waals surface area contributed by atoms with Crippen molar-refractivity contribution in [3.05, 3.63) is 0 Å². The van der Waals surface area contributed by atoms with E-state index in [1.807, 2.05) is 0 Å². The van der Waals surface area contributed by atoms with Gasteiger partial charge in [-0.05, 0) is 10.8 Å². The van der Waals surface area contributed by atoms with Gasteiger partial charge in [-0.3, -0.25) is 0 Å². The molecule has 0 aromatic carbocycles. The predicted molar refractivity (Wildman–Crippen MR) is 98.4 cm³/mol. The van der Waals surface area contributed by atoms with Crippen LogP contribution < -0.4 is 0 Å². The minimum absolute atomic E-state index is 1.34. The van der Waals surface area contributed by atoms with Crippen molar-refractivity contribution in [1.29, 1.82) is 0 Å². The molecule has 0 fully saturated rings. The van der Waals surface area contributed by atoms with E-state index >= 15 is 0 Å². The van der Waals surface area contributed by atoms with E-state index in [-0.39, 0.29) is 0 Å². The van der Waals surface area contributed by atoms with Crippen LogP contribution >= 0.6 is 22.6 Å². The topological polar surface area (TPSA) is 0 Å². The Morgan fingerprint density at radius 2 is 0.684 bits per heavy atom. The van der Waals surface area contributed by atoms with Crippen molar-refractivity contribution in [3.8, 4) is 0 Å². The van der Waals surface area contributed by atoms with Crippen LogP contribution in [0.3, 0.4) is 0 Å². The minimum Gasteiger partial charge on any atom is -0.0864 e. The molecule has 19 heavy (non-hydrogen) atoms. The molecule has 0 nitrogen and oxygen atoms in total. The molecule has 0 aromatic heterocycles. The molecular formula is C18H37I. The number of rotatable bonds is 16. The third kappa shape index (κ3) is 18.7. The van der Waals surface area contributed by atoms with Crippen LogP contribution in [0.4, 0.5) is 0 Å². The smallest absolute Gasteiger partial charge is 0.000473 e. The van der Waals surface area contributed by atoms with E-state index in [1.54, 1.807) is 0 Å². The Morgan fingerprint density at radius 3 is 0.947 bits per heavy atom. The Hall–Kier alpha value is 0.730. The zero-order valence-electron chi connectivity index (χ0n) is 13.4. The van der Waals surface area contributed by atoms with Gasteiger partial charge in [-0.25, -0.2) is 0 Å². The van der Waals surface area contributed by atoms with Gasteiger partial charge in [0.25, 0.3) is 0 Å². The number of hydrogen-bond donors (Lipinski definition) is 0. The second-order valence-corrected chi connectivity index (χ2v) is 7.07. The van der Waals surface area contributed by atoms with Gasteiger partial charge in [0, 0.05) is 0 Å². The second kappa shape index (κ2) is 18.7. The summed E-state index contributed by atoms with van der Waals surface area (Å²) in [6.45, 7) is 2.30. The van der Waals surface area contributed by atoms with Gasteiger partial charge in [-0.2, -0.15) is 0 Å². The highest BCUT2D eigenvalue weighted by atomic mass is 131. The molecule has 0 N–H and O–H groups in total. The molecule has 0 aliphatic heterocycles. The first-order valence-corrected chi connectivity index (χ1v) is 10.5. The first-order valence-electron chi connectivity index (χ1n) is 8.97. The summed E-state index contributed by atoms with van der Waals surface area (Å²) >= 11 is 2.49. The van der Waals surface area contributed by atoms with E-state index < -0.39 is 0 Å². The lowest BCUT2D eigenvalue weighted by molar-refractivity contribution is 0.532. The minimum atomic E-state index is 1.34. The highest BCUT2D eigenvalue weighted by molar-refractivity contribution is 14.1. The van der Waals surface area contributed by atoms with Gasteiger partial charge in [0.1, 0.15) is 0 Å². The van der Waals surface area contributed by atoms with Crippen molar-refractivity contribution >= 4 is 22.6 Å². The molecule has 1 heteroatoms. The maximum Gasteiger partial charge on any atom is -0.000473 e. The van der Waals surface area contributed by atoms with Gasteiger partial charge < -0.3 is 0 Å². The van der Waals surface area contributed by atoms with Crippen LogP contribution in [-0.2, 0) is 0 Å². The van der Waals surface area contributed by atoms with Crippen LogP contribution in [0.5, 0.6) is 0 Å². The standard InChI is InChI=1S/C18H37I/c1-2-3-4-5-6-7-8-9-10-11-12-13-14-15-16-17-18-19/h2-18H2,1H3/i19+4. The van der Waals surface area contributed by atoms with Crippen molar-refractivity contribution in [2.75, 3.05) is 4.43 Å². The molecule has 116 valence electrons. The quantitative estimate of drug-likeness (QED) is 0.145. The first kappa shape index (κ1) is 19.7. The molecule has 0 rings (SSSR count). The summed E-state index contributed by atoms with van der Waals surface area (Å²) in [5.74, 6) is 0. The summed E-state index contributed by atoms with van der Waals surface area (Å²) in [4.78, 5) is 0. The van der Waals surface area contributed by atoms with Crippen LogP contribution in [0.25, 0.3) is 0 Å². The summed E-state index contributed by atoms with van der Waals surface area (Å²) in [6, 6.07) is 0. The largest absolute Gasteiger partial charge is 0.0864 e. The van der Waals surface area contributed by atoms with Crippen molar-refractivity contribution in [3.63, 3.8) is 0 Å². The monoisotopic (exact) mass is 384 g/mol. The van der Waals surface area contributed by atoms with Crippen molar-refractivity contribution < 1.29 is 0 Å². The van der Waals surface area contributed by atoms with E-state index in [2.05, 4.69) is 29.5 Å². The Morgan fingerprint density at radius 1 is 0.421 bits per heavy atom. The maximum atomic E-state index is 2.49. The fraction of sp³-hybridized carbons (Fsp3) is 1.00. The maximum absolute atomic E-state index is 2.49.